The minimum Gasteiger partial charge on any atom is -0.450 e. The van der Waals surface area contributed by atoms with Gasteiger partial charge in [-0.2, -0.15) is 0 Å². The summed E-state index contributed by atoms with van der Waals surface area (Å²) < 4.78 is 7.24. The number of imidazole rings is 1. The second kappa shape index (κ2) is 10.7. The fourth-order valence-electron chi connectivity index (χ4n) is 3.50. The molecule has 30 heavy (non-hydrogen) atoms. The van der Waals surface area contributed by atoms with Crippen LogP contribution in [0.4, 0.5) is 4.79 Å². The summed E-state index contributed by atoms with van der Waals surface area (Å²) in [4.78, 5) is 25.0. The van der Waals surface area contributed by atoms with Crippen molar-refractivity contribution in [3.8, 4) is 0 Å². The van der Waals surface area contributed by atoms with Gasteiger partial charge < -0.3 is 24.4 Å². The highest BCUT2D eigenvalue weighted by Gasteiger charge is 2.23. The van der Waals surface area contributed by atoms with E-state index in [0.717, 1.165) is 38.0 Å². The summed E-state index contributed by atoms with van der Waals surface area (Å²) in [5.74, 6) is 1.90. The normalized spacial score (nSPS) is 14.7. The Bertz CT molecular complexity index is 855. The molecule has 8 nitrogen and oxygen atoms in total. The van der Waals surface area contributed by atoms with Gasteiger partial charge in [0.2, 0.25) is 0 Å². The number of aliphatic imine (C=N–C) groups is 1. The molecule has 1 aliphatic heterocycles. The molecule has 1 N–H and O–H groups in total. The van der Waals surface area contributed by atoms with Crippen LogP contribution in [0, 0.1) is 6.92 Å². The summed E-state index contributed by atoms with van der Waals surface area (Å²) in [6, 6.07) is 8.52. The van der Waals surface area contributed by atoms with E-state index in [1.165, 1.54) is 11.1 Å². The van der Waals surface area contributed by atoms with Crippen molar-refractivity contribution in [1.82, 2.24) is 24.7 Å². The van der Waals surface area contributed by atoms with Crippen molar-refractivity contribution in [2.24, 2.45) is 4.99 Å². The zero-order chi connectivity index (χ0) is 21.3. The summed E-state index contributed by atoms with van der Waals surface area (Å²) >= 11 is 0. The molecule has 0 unspecified atom stereocenters. The van der Waals surface area contributed by atoms with Gasteiger partial charge in [0.25, 0.3) is 0 Å². The Morgan fingerprint density at radius 1 is 1.17 bits per heavy atom. The number of guanidine groups is 1. The number of carbonyl (C=O) groups excluding carboxylic acids is 1. The van der Waals surface area contributed by atoms with Gasteiger partial charge in [0, 0.05) is 51.7 Å². The fourth-order valence-corrected chi connectivity index (χ4v) is 3.50. The predicted octanol–water partition coefficient (Wildman–Crippen LogP) is 2.48. The van der Waals surface area contributed by atoms with E-state index < -0.39 is 0 Å². The van der Waals surface area contributed by atoms with Crippen LogP contribution in [-0.4, -0.2) is 70.7 Å². The second-order valence-electron chi connectivity index (χ2n) is 7.27. The summed E-state index contributed by atoms with van der Waals surface area (Å²) in [5.41, 5.74) is 2.41. The zero-order valence-electron chi connectivity index (χ0n) is 18.2. The van der Waals surface area contributed by atoms with E-state index in [-0.39, 0.29) is 6.09 Å². The van der Waals surface area contributed by atoms with Crippen LogP contribution in [0.5, 0.6) is 0 Å². The van der Waals surface area contributed by atoms with Crippen molar-refractivity contribution in [2.45, 2.75) is 33.9 Å². The molecular formula is C22H32N6O2. The predicted molar refractivity (Wildman–Crippen MR) is 117 cm³/mol. The third kappa shape index (κ3) is 5.75. The summed E-state index contributed by atoms with van der Waals surface area (Å²) in [7, 11) is 0. The van der Waals surface area contributed by atoms with Gasteiger partial charge in [-0.15, -0.1) is 0 Å². The van der Waals surface area contributed by atoms with E-state index in [2.05, 4.69) is 51.0 Å². The first-order valence-electron chi connectivity index (χ1n) is 10.6. The number of hydrogen-bond acceptors (Lipinski definition) is 4. The first kappa shape index (κ1) is 21.7. The maximum absolute atomic E-state index is 11.9. The van der Waals surface area contributed by atoms with Gasteiger partial charge in [0.05, 0.1) is 13.2 Å². The summed E-state index contributed by atoms with van der Waals surface area (Å²) in [6.45, 7) is 11.3. The SMILES string of the molecule is CCNC(=NCc1cccc(Cn2ccnc2C)c1)N1CCN(C(=O)OCC)CC1. The molecule has 8 heteroatoms. The number of benzene rings is 1. The maximum Gasteiger partial charge on any atom is 0.409 e. The third-order valence-electron chi connectivity index (χ3n) is 5.12. The van der Waals surface area contributed by atoms with Crippen LogP contribution in [0.25, 0.3) is 0 Å². The Kier molecular flexibility index (Phi) is 7.70. The minimum atomic E-state index is -0.232. The van der Waals surface area contributed by atoms with Crippen molar-refractivity contribution in [3.05, 3.63) is 53.6 Å². The highest BCUT2D eigenvalue weighted by Crippen LogP contribution is 2.11. The van der Waals surface area contributed by atoms with E-state index in [1.54, 1.807) is 4.90 Å². The molecule has 2 aromatic rings. The number of carbonyl (C=O) groups is 1. The molecule has 0 radical (unpaired) electrons. The molecule has 1 aromatic heterocycles. The van der Waals surface area contributed by atoms with Gasteiger partial charge in [-0.1, -0.05) is 24.3 Å². The molecule has 1 saturated heterocycles. The van der Waals surface area contributed by atoms with Gasteiger partial charge in [-0.05, 0) is 31.9 Å². The lowest BCUT2D eigenvalue weighted by molar-refractivity contribution is 0.0914. The third-order valence-corrected chi connectivity index (χ3v) is 5.12. The van der Waals surface area contributed by atoms with Gasteiger partial charge >= 0.3 is 6.09 Å². The van der Waals surface area contributed by atoms with Crippen LogP contribution in [0.2, 0.25) is 0 Å². The Morgan fingerprint density at radius 2 is 1.90 bits per heavy atom. The maximum atomic E-state index is 11.9. The molecule has 1 amide bonds. The van der Waals surface area contributed by atoms with Crippen LogP contribution in [0.3, 0.4) is 0 Å². The van der Waals surface area contributed by atoms with Crippen LogP contribution >= 0.6 is 0 Å². The number of piperazine rings is 1. The Hall–Kier alpha value is -3.03. The molecule has 0 spiro atoms. The number of nitrogens with zero attached hydrogens (tertiary/aromatic N) is 5. The highest BCUT2D eigenvalue weighted by atomic mass is 16.6. The van der Waals surface area contributed by atoms with Gasteiger partial charge in [-0.25, -0.2) is 14.8 Å². The largest absolute Gasteiger partial charge is 0.450 e. The molecule has 0 saturated carbocycles. The van der Waals surface area contributed by atoms with Crippen LogP contribution < -0.4 is 5.32 Å². The van der Waals surface area contributed by atoms with Crippen molar-refractivity contribution < 1.29 is 9.53 Å². The Balaban J connectivity index is 1.62. The van der Waals surface area contributed by atoms with E-state index >= 15 is 0 Å². The molecule has 0 bridgehead atoms. The molecule has 0 aliphatic carbocycles. The minimum absolute atomic E-state index is 0.232. The lowest BCUT2D eigenvalue weighted by atomic mass is 10.1. The topological polar surface area (TPSA) is 75.0 Å². The van der Waals surface area contributed by atoms with Crippen molar-refractivity contribution in [3.63, 3.8) is 0 Å². The highest BCUT2D eigenvalue weighted by molar-refractivity contribution is 5.80. The van der Waals surface area contributed by atoms with Crippen molar-refractivity contribution >= 4 is 12.1 Å². The molecule has 1 fully saturated rings. The molecule has 3 rings (SSSR count). The van der Waals surface area contributed by atoms with Crippen molar-refractivity contribution in [2.75, 3.05) is 39.3 Å². The van der Waals surface area contributed by atoms with Crippen molar-refractivity contribution in [1.29, 1.82) is 0 Å². The van der Waals surface area contributed by atoms with Crippen LogP contribution in [0.15, 0.2) is 41.7 Å². The second-order valence-corrected chi connectivity index (χ2v) is 7.27. The smallest absolute Gasteiger partial charge is 0.409 e. The first-order valence-corrected chi connectivity index (χ1v) is 10.6. The Labute approximate surface area is 178 Å². The molecule has 1 aliphatic rings. The number of amides is 1. The molecular weight excluding hydrogens is 380 g/mol. The van der Waals surface area contributed by atoms with Gasteiger partial charge in [0.15, 0.2) is 5.96 Å². The van der Waals surface area contributed by atoms with Gasteiger partial charge in [-0.3, -0.25) is 0 Å². The summed E-state index contributed by atoms with van der Waals surface area (Å²) in [6.07, 6.45) is 3.59. The standard InChI is InChI=1S/C22H32N6O2/c1-4-23-21(26-11-13-27(14-12-26)22(29)30-5-2)25-16-19-7-6-8-20(15-19)17-28-10-9-24-18(28)3/h6-10,15H,4-5,11-14,16-17H2,1-3H3,(H,23,25). The monoisotopic (exact) mass is 412 g/mol. The molecule has 162 valence electrons. The van der Waals surface area contributed by atoms with Crippen LogP contribution in [0.1, 0.15) is 30.8 Å². The number of ether oxygens (including phenoxy) is 1. The van der Waals surface area contributed by atoms with E-state index in [9.17, 15) is 4.79 Å². The molecule has 0 atom stereocenters. The average molecular weight is 413 g/mol. The quantitative estimate of drug-likeness (QED) is 0.583. The molecule has 1 aromatic carbocycles. The zero-order valence-corrected chi connectivity index (χ0v) is 18.2. The summed E-state index contributed by atoms with van der Waals surface area (Å²) in [5, 5.41) is 3.38. The molecule has 2 heterocycles. The van der Waals surface area contributed by atoms with Gasteiger partial charge in [0.1, 0.15) is 5.82 Å². The number of rotatable bonds is 6. The number of nitrogens with one attached hydrogen (secondary N) is 1. The number of aromatic nitrogens is 2. The average Bonchev–Trinajstić information content (AvgIpc) is 3.16. The Morgan fingerprint density at radius 3 is 2.57 bits per heavy atom. The van der Waals surface area contributed by atoms with E-state index in [1.807, 2.05) is 26.2 Å². The fraction of sp³-hybridized carbons (Fsp3) is 0.500. The van der Waals surface area contributed by atoms with Crippen LogP contribution in [-0.2, 0) is 17.8 Å². The lowest BCUT2D eigenvalue weighted by Gasteiger charge is -2.35. The first-order chi connectivity index (χ1) is 14.6. The van der Waals surface area contributed by atoms with E-state index in [0.29, 0.717) is 26.2 Å². The number of hydrogen-bond donors (Lipinski definition) is 1. The van der Waals surface area contributed by atoms with E-state index in [4.69, 9.17) is 9.73 Å². The number of aryl methyl sites for hydroxylation is 1. The lowest BCUT2D eigenvalue weighted by Crippen LogP contribution is -2.53.